The van der Waals surface area contributed by atoms with E-state index in [1.165, 1.54) is 60.5 Å². The first-order chi connectivity index (χ1) is 21.5. The molecule has 0 heterocycles. The number of aliphatic hydroxyl groups excluding tert-OH is 12. The number of rotatable bonds is 16. The zero-order valence-corrected chi connectivity index (χ0v) is 24.3. The van der Waals surface area contributed by atoms with E-state index in [1.54, 1.807) is 0 Å². The summed E-state index contributed by atoms with van der Waals surface area (Å²) in [7, 11) is 1.41. The highest BCUT2D eigenvalue weighted by Crippen LogP contribution is 2.18. The molecule has 3 amide bonds. The van der Waals surface area contributed by atoms with Gasteiger partial charge in [-0.25, -0.2) is 0 Å². The van der Waals surface area contributed by atoms with Crippen molar-refractivity contribution in [3.05, 3.63) is 65.2 Å². The quantitative estimate of drug-likeness (QED) is 0.0747. The van der Waals surface area contributed by atoms with Crippen molar-refractivity contribution in [1.82, 2.24) is 10.6 Å². The highest BCUT2D eigenvalue weighted by atomic mass is 16.4. The minimum Gasteiger partial charge on any atom is -0.394 e. The Morgan fingerprint density at radius 3 is 1.22 bits per heavy atom. The van der Waals surface area contributed by atoms with E-state index in [1.807, 2.05) is 10.6 Å². The summed E-state index contributed by atoms with van der Waals surface area (Å²) in [4.78, 5) is 39.1. The van der Waals surface area contributed by atoms with E-state index in [9.17, 15) is 65.4 Å². The molecular weight excluding hydrogens is 618 g/mol. The van der Waals surface area contributed by atoms with E-state index in [2.05, 4.69) is 0 Å². The van der Waals surface area contributed by atoms with Crippen molar-refractivity contribution >= 4 is 23.4 Å². The maximum absolute atomic E-state index is 13.0. The summed E-state index contributed by atoms with van der Waals surface area (Å²) in [5, 5.41) is 119. The number of amides is 3. The molecule has 0 bridgehead atoms. The molecule has 0 fully saturated rings. The van der Waals surface area contributed by atoms with Crippen LogP contribution in [0.15, 0.2) is 48.5 Å². The van der Waals surface area contributed by atoms with Gasteiger partial charge in [0.05, 0.1) is 13.2 Å². The molecule has 0 saturated heterocycles. The number of nitrogens with one attached hydrogen (secondary N) is 2. The van der Waals surface area contributed by atoms with Crippen molar-refractivity contribution in [2.45, 2.75) is 61.3 Å². The van der Waals surface area contributed by atoms with E-state index in [-0.39, 0.29) is 16.7 Å². The summed E-state index contributed by atoms with van der Waals surface area (Å²) in [6, 6.07) is 10.3. The molecule has 0 saturated carbocycles. The Morgan fingerprint density at radius 2 is 0.870 bits per heavy atom. The molecule has 18 nitrogen and oxygen atoms in total. The van der Waals surface area contributed by atoms with E-state index < -0.39 is 92.2 Å². The molecule has 0 aliphatic rings. The molecule has 2 aromatic carbocycles. The topological polar surface area (TPSA) is 321 Å². The van der Waals surface area contributed by atoms with E-state index in [0.717, 1.165) is 0 Å². The van der Waals surface area contributed by atoms with Crippen LogP contribution < -0.4 is 15.5 Å². The number of aliphatic hydroxyl groups is 12. The molecule has 10 atom stereocenters. The van der Waals surface area contributed by atoms with Crippen LogP contribution in [-0.2, 0) is 0 Å². The van der Waals surface area contributed by atoms with Gasteiger partial charge in [-0.2, -0.15) is 0 Å². The second-order valence-electron chi connectivity index (χ2n) is 10.3. The second-order valence-corrected chi connectivity index (χ2v) is 10.3. The molecular formula is C28H39N3O15. The largest absolute Gasteiger partial charge is 0.394 e. The highest BCUT2D eigenvalue weighted by molar-refractivity contribution is 6.06. The Kier molecular flexibility index (Phi) is 14.5. The molecule has 0 aliphatic heterocycles. The van der Waals surface area contributed by atoms with Crippen molar-refractivity contribution in [3.63, 3.8) is 0 Å². The molecule has 0 radical (unpaired) electrons. The van der Waals surface area contributed by atoms with Gasteiger partial charge >= 0.3 is 0 Å². The summed E-state index contributed by atoms with van der Waals surface area (Å²) >= 11 is 0. The third-order valence-corrected chi connectivity index (χ3v) is 6.98. The smallest absolute Gasteiger partial charge is 0.258 e. The molecule has 0 aromatic heterocycles. The van der Waals surface area contributed by atoms with Gasteiger partial charge in [0.2, 0.25) is 0 Å². The van der Waals surface area contributed by atoms with Gasteiger partial charge in [0.1, 0.15) is 48.8 Å². The fraction of sp³-hybridized carbons (Fsp3) is 0.464. The minimum atomic E-state index is -2.14. The predicted molar refractivity (Wildman–Crippen MR) is 155 cm³/mol. The van der Waals surface area contributed by atoms with E-state index in [0.29, 0.717) is 5.69 Å². The van der Waals surface area contributed by atoms with Crippen LogP contribution in [0.3, 0.4) is 0 Å². The summed E-state index contributed by atoms with van der Waals surface area (Å²) in [5.41, 5.74) is 0.326. The van der Waals surface area contributed by atoms with Gasteiger partial charge in [0.25, 0.3) is 17.7 Å². The lowest BCUT2D eigenvalue weighted by Crippen LogP contribution is -2.54. The van der Waals surface area contributed by atoms with Gasteiger partial charge < -0.3 is 76.8 Å². The average Bonchev–Trinajstić information content (AvgIpc) is 3.07. The number of benzene rings is 2. The van der Waals surface area contributed by atoms with Crippen molar-refractivity contribution < 1.29 is 75.7 Å². The standard InChI is InChI=1S/C28H39N3O15/c1-31(15-8-6-13(7-9-15)25(43)30-27(45)23(41)21(39)19(37)17(35)11-33)28(46)14-4-2-12(3-5-14)24(42)29-26(44)22(40)20(38)18(36)16(34)10-32/h2-9,16-23,26-27,32-41,44-45H,10-11H2,1H3,(H,29,42)(H,30,43)/t16-,17-,18+,19+,20+,21+,22+,23+,26?,27?/m0/s1. The Bertz CT molecular complexity index is 1280. The SMILES string of the molecule is CN(C(=O)c1ccc(C(=O)NC(O)[C@H](O)[C@H](O)[C@H](O)[C@@H](O)CO)cc1)c1ccc(C(=O)NC(O)[C@H](O)[C@H](O)[C@H](O)[C@@H](O)CO)cc1. The third kappa shape index (κ3) is 9.69. The number of nitrogens with zero attached hydrogens (tertiary/aromatic N) is 1. The van der Waals surface area contributed by atoms with E-state index in [4.69, 9.17) is 10.2 Å². The third-order valence-electron chi connectivity index (χ3n) is 6.98. The predicted octanol–water partition coefficient (Wildman–Crippen LogP) is -6.07. The fourth-order valence-electron chi connectivity index (χ4n) is 3.97. The molecule has 46 heavy (non-hydrogen) atoms. The number of carbonyl (C=O) groups excluding carboxylic acids is 3. The van der Waals surface area contributed by atoms with Crippen LogP contribution in [0.5, 0.6) is 0 Å². The summed E-state index contributed by atoms with van der Waals surface area (Å²) in [6.45, 7) is -1.87. The van der Waals surface area contributed by atoms with Crippen molar-refractivity contribution in [2.24, 2.45) is 0 Å². The number of hydrogen-bond acceptors (Lipinski definition) is 15. The van der Waals surface area contributed by atoms with Gasteiger partial charge in [-0.3, -0.25) is 14.4 Å². The maximum Gasteiger partial charge on any atom is 0.258 e. The first-order valence-electron chi connectivity index (χ1n) is 13.7. The van der Waals surface area contributed by atoms with Gasteiger partial charge in [0, 0.05) is 29.4 Å². The van der Waals surface area contributed by atoms with Gasteiger partial charge in [-0.15, -0.1) is 0 Å². The maximum atomic E-state index is 13.0. The first-order valence-corrected chi connectivity index (χ1v) is 13.7. The number of carbonyl (C=O) groups is 3. The van der Waals surface area contributed by atoms with Crippen LogP contribution in [0.4, 0.5) is 5.69 Å². The second kappa shape index (κ2) is 17.3. The molecule has 2 unspecified atom stereocenters. The van der Waals surface area contributed by atoms with Crippen LogP contribution in [0.1, 0.15) is 31.1 Å². The molecule has 2 aromatic rings. The van der Waals surface area contributed by atoms with Crippen molar-refractivity contribution in [3.8, 4) is 0 Å². The Morgan fingerprint density at radius 1 is 0.543 bits per heavy atom. The van der Waals surface area contributed by atoms with Gasteiger partial charge in [0.15, 0.2) is 12.5 Å². The van der Waals surface area contributed by atoms with Crippen molar-refractivity contribution in [2.75, 3.05) is 25.2 Å². The summed E-state index contributed by atoms with van der Waals surface area (Å²) < 4.78 is 0. The molecule has 14 N–H and O–H groups in total. The van der Waals surface area contributed by atoms with Gasteiger partial charge in [-0.1, -0.05) is 0 Å². The average molecular weight is 658 g/mol. The number of anilines is 1. The van der Waals surface area contributed by atoms with Crippen LogP contribution >= 0.6 is 0 Å². The highest BCUT2D eigenvalue weighted by Gasteiger charge is 2.36. The van der Waals surface area contributed by atoms with Crippen LogP contribution in [0.2, 0.25) is 0 Å². The minimum absolute atomic E-state index is 0.0319. The Hall–Kier alpha value is -3.63. The Balaban J connectivity index is 2.00. The van der Waals surface area contributed by atoms with Crippen molar-refractivity contribution in [1.29, 1.82) is 0 Å². The molecule has 18 heteroatoms. The normalized spacial score (nSPS) is 18.1. The molecule has 256 valence electrons. The Labute approximate surface area is 261 Å². The van der Waals surface area contributed by atoms with Gasteiger partial charge in [-0.05, 0) is 48.5 Å². The molecule has 2 rings (SSSR count). The van der Waals surface area contributed by atoms with Crippen LogP contribution in [0.25, 0.3) is 0 Å². The number of hydrogen-bond donors (Lipinski definition) is 14. The first kappa shape index (κ1) is 38.6. The molecule has 0 spiro atoms. The lowest BCUT2D eigenvalue weighted by Gasteiger charge is -2.28. The zero-order valence-electron chi connectivity index (χ0n) is 24.3. The van der Waals surface area contributed by atoms with Crippen LogP contribution in [0, 0.1) is 0 Å². The summed E-state index contributed by atoms with van der Waals surface area (Å²) in [5.74, 6) is -2.38. The summed E-state index contributed by atoms with van der Waals surface area (Å²) in [6.07, 6.45) is -20.3. The lowest BCUT2D eigenvalue weighted by atomic mass is 10.0. The zero-order chi connectivity index (χ0) is 34.9. The lowest BCUT2D eigenvalue weighted by molar-refractivity contribution is -0.143. The van der Waals surface area contributed by atoms with Crippen LogP contribution in [-0.4, -0.2) is 161 Å². The molecule has 0 aliphatic carbocycles. The monoisotopic (exact) mass is 657 g/mol. The fourth-order valence-corrected chi connectivity index (χ4v) is 3.97. The van der Waals surface area contributed by atoms with E-state index >= 15 is 0 Å².